The summed E-state index contributed by atoms with van der Waals surface area (Å²) in [4.78, 5) is 9.28. The molecule has 2 atom stereocenters. The van der Waals surface area contributed by atoms with Gasteiger partial charge < -0.3 is 10.6 Å². The van der Waals surface area contributed by atoms with Gasteiger partial charge in [0, 0.05) is 25.3 Å². The van der Waals surface area contributed by atoms with Crippen LogP contribution in [0.15, 0.2) is 12.3 Å². The van der Waals surface area contributed by atoms with Gasteiger partial charge in [-0.2, -0.15) is 13.2 Å². The number of rotatable bonds is 2. The van der Waals surface area contributed by atoms with Crippen LogP contribution in [0, 0.1) is 5.92 Å². The summed E-state index contributed by atoms with van der Waals surface area (Å²) in [5.74, 6) is 0.456. The predicted octanol–water partition coefficient (Wildman–Crippen LogP) is 1.67. The molecule has 100 valence electrons. The molecule has 1 saturated heterocycles. The maximum Gasteiger partial charge on any atom is 0.433 e. The molecule has 0 radical (unpaired) electrons. The van der Waals surface area contributed by atoms with Crippen LogP contribution in [0.2, 0.25) is 0 Å². The topological polar surface area (TPSA) is 55.0 Å². The quantitative estimate of drug-likeness (QED) is 0.878. The van der Waals surface area contributed by atoms with Crippen LogP contribution in [0.4, 0.5) is 19.1 Å². The molecule has 0 bridgehead atoms. The number of anilines is 1. The highest BCUT2D eigenvalue weighted by Crippen LogP contribution is 2.31. The lowest BCUT2D eigenvalue weighted by Crippen LogP contribution is -2.39. The van der Waals surface area contributed by atoms with E-state index in [-0.39, 0.29) is 12.0 Å². The van der Waals surface area contributed by atoms with Gasteiger partial charge in [0.1, 0.15) is 5.69 Å². The van der Waals surface area contributed by atoms with Gasteiger partial charge in [-0.15, -0.1) is 0 Å². The van der Waals surface area contributed by atoms with E-state index in [1.54, 1.807) is 4.90 Å². The molecule has 1 fully saturated rings. The Balaban J connectivity index is 2.29. The highest BCUT2D eigenvalue weighted by Gasteiger charge is 2.36. The first kappa shape index (κ1) is 13.1. The molecule has 7 heteroatoms. The smallest absolute Gasteiger partial charge is 0.336 e. The minimum atomic E-state index is -4.44. The molecule has 2 heterocycles. The number of halogens is 3. The van der Waals surface area contributed by atoms with Crippen molar-refractivity contribution in [3.8, 4) is 0 Å². The van der Waals surface area contributed by atoms with Crippen LogP contribution in [0.25, 0.3) is 0 Å². The number of nitrogens with two attached hydrogens (primary N) is 1. The third-order valence-electron chi connectivity index (χ3n) is 3.31. The first-order chi connectivity index (χ1) is 8.43. The van der Waals surface area contributed by atoms with Crippen LogP contribution in [-0.4, -0.2) is 29.1 Å². The van der Waals surface area contributed by atoms with Gasteiger partial charge in [-0.1, -0.05) is 6.92 Å². The van der Waals surface area contributed by atoms with E-state index in [4.69, 9.17) is 5.73 Å². The van der Waals surface area contributed by atoms with Crippen LogP contribution in [-0.2, 0) is 6.18 Å². The summed E-state index contributed by atoms with van der Waals surface area (Å²) >= 11 is 0. The molecule has 0 aliphatic carbocycles. The molecule has 1 aliphatic heterocycles. The van der Waals surface area contributed by atoms with Gasteiger partial charge in [0.05, 0.1) is 0 Å². The Morgan fingerprint density at radius 3 is 2.83 bits per heavy atom. The van der Waals surface area contributed by atoms with E-state index in [1.165, 1.54) is 0 Å². The second-order valence-corrected chi connectivity index (χ2v) is 4.50. The summed E-state index contributed by atoms with van der Waals surface area (Å²) in [5, 5.41) is 0. The number of hydrogen-bond donors (Lipinski definition) is 1. The number of aromatic nitrogens is 2. The normalized spacial score (nSPS) is 24.6. The Hall–Kier alpha value is -1.37. The Morgan fingerprint density at radius 2 is 2.22 bits per heavy atom. The lowest BCUT2D eigenvalue weighted by molar-refractivity contribution is -0.141. The molecule has 0 amide bonds. The molecule has 0 saturated carbocycles. The number of alkyl halides is 3. The molecule has 1 aromatic rings. The van der Waals surface area contributed by atoms with Crippen molar-refractivity contribution in [1.29, 1.82) is 0 Å². The van der Waals surface area contributed by atoms with Crippen molar-refractivity contribution in [1.82, 2.24) is 9.97 Å². The molecule has 0 aromatic carbocycles. The van der Waals surface area contributed by atoms with Crippen LogP contribution in [0.1, 0.15) is 19.0 Å². The van der Waals surface area contributed by atoms with E-state index in [0.717, 1.165) is 18.7 Å². The SMILES string of the molecule is CC1CCN(c2nccc(C(F)(F)F)n2)C1CN. The lowest BCUT2D eigenvalue weighted by Gasteiger charge is -2.25. The van der Waals surface area contributed by atoms with Crippen molar-refractivity contribution in [3.05, 3.63) is 18.0 Å². The van der Waals surface area contributed by atoms with E-state index in [2.05, 4.69) is 9.97 Å². The van der Waals surface area contributed by atoms with Crippen LogP contribution in [0.5, 0.6) is 0 Å². The predicted molar refractivity (Wildman–Crippen MR) is 61.0 cm³/mol. The molecular formula is C11H15F3N4. The van der Waals surface area contributed by atoms with Gasteiger partial charge in [0.25, 0.3) is 0 Å². The lowest BCUT2D eigenvalue weighted by atomic mass is 10.0. The summed E-state index contributed by atoms with van der Waals surface area (Å²) in [5.41, 5.74) is 4.74. The minimum absolute atomic E-state index is 0.00786. The van der Waals surface area contributed by atoms with Gasteiger partial charge in [-0.25, -0.2) is 9.97 Å². The van der Waals surface area contributed by atoms with E-state index in [9.17, 15) is 13.2 Å². The minimum Gasteiger partial charge on any atom is -0.336 e. The third-order valence-corrected chi connectivity index (χ3v) is 3.31. The molecular weight excluding hydrogens is 245 g/mol. The molecule has 2 rings (SSSR count). The first-order valence-corrected chi connectivity index (χ1v) is 5.80. The largest absolute Gasteiger partial charge is 0.433 e. The molecule has 2 N–H and O–H groups in total. The van der Waals surface area contributed by atoms with E-state index in [1.807, 2.05) is 6.92 Å². The van der Waals surface area contributed by atoms with Crippen molar-refractivity contribution in [2.45, 2.75) is 25.6 Å². The van der Waals surface area contributed by atoms with Crippen molar-refractivity contribution < 1.29 is 13.2 Å². The fraction of sp³-hybridized carbons (Fsp3) is 0.636. The summed E-state index contributed by atoms with van der Waals surface area (Å²) < 4.78 is 37.7. The van der Waals surface area contributed by atoms with E-state index < -0.39 is 11.9 Å². The molecule has 0 spiro atoms. The molecule has 4 nitrogen and oxygen atoms in total. The van der Waals surface area contributed by atoms with Gasteiger partial charge in [0.15, 0.2) is 0 Å². The number of hydrogen-bond acceptors (Lipinski definition) is 4. The van der Waals surface area contributed by atoms with Gasteiger partial charge in [0.2, 0.25) is 5.95 Å². The summed E-state index contributed by atoms with van der Waals surface area (Å²) in [6.45, 7) is 3.07. The average molecular weight is 260 g/mol. The second-order valence-electron chi connectivity index (χ2n) is 4.50. The summed E-state index contributed by atoms with van der Waals surface area (Å²) in [6, 6.07) is 0.883. The fourth-order valence-corrected chi connectivity index (χ4v) is 2.26. The molecule has 2 unspecified atom stereocenters. The molecule has 1 aliphatic rings. The zero-order valence-electron chi connectivity index (χ0n) is 9.98. The zero-order chi connectivity index (χ0) is 13.3. The highest BCUT2D eigenvalue weighted by atomic mass is 19.4. The highest BCUT2D eigenvalue weighted by molar-refractivity contribution is 5.35. The zero-order valence-corrected chi connectivity index (χ0v) is 9.98. The van der Waals surface area contributed by atoms with Gasteiger partial charge in [-0.05, 0) is 18.4 Å². The Kier molecular flexibility index (Phi) is 3.43. The summed E-state index contributed by atoms with van der Waals surface area (Å²) in [7, 11) is 0. The standard InChI is InChI=1S/C11H15F3N4/c1-7-3-5-18(8(7)6-15)10-16-4-2-9(17-10)11(12,13)14/h2,4,7-8H,3,5-6,15H2,1H3. The first-order valence-electron chi connectivity index (χ1n) is 5.80. The molecule has 1 aromatic heterocycles. The van der Waals surface area contributed by atoms with Crippen LogP contribution in [0.3, 0.4) is 0 Å². The molecule has 18 heavy (non-hydrogen) atoms. The monoisotopic (exact) mass is 260 g/mol. The van der Waals surface area contributed by atoms with Crippen LogP contribution >= 0.6 is 0 Å². The van der Waals surface area contributed by atoms with Gasteiger partial charge in [-0.3, -0.25) is 0 Å². The van der Waals surface area contributed by atoms with E-state index in [0.29, 0.717) is 19.0 Å². The Morgan fingerprint density at radius 1 is 1.50 bits per heavy atom. The van der Waals surface area contributed by atoms with Crippen molar-refractivity contribution in [2.75, 3.05) is 18.0 Å². The van der Waals surface area contributed by atoms with Crippen molar-refractivity contribution in [2.24, 2.45) is 11.7 Å². The maximum atomic E-state index is 12.6. The second kappa shape index (κ2) is 4.72. The number of nitrogens with zero attached hydrogens (tertiary/aromatic N) is 3. The Bertz CT molecular complexity index is 421. The average Bonchev–Trinajstić information content (AvgIpc) is 2.69. The summed E-state index contributed by atoms with van der Waals surface area (Å²) in [6.07, 6.45) is -2.41. The maximum absolute atomic E-state index is 12.6. The van der Waals surface area contributed by atoms with E-state index >= 15 is 0 Å². The Labute approximate surface area is 103 Å². The van der Waals surface area contributed by atoms with Gasteiger partial charge >= 0.3 is 6.18 Å². The third kappa shape index (κ3) is 2.40. The van der Waals surface area contributed by atoms with Crippen molar-refractivity contribution in [3.63, 3.8) is 0 Å². The van der Waals surface area contributed by atoms with Crippen LogP contribution < -0.4 is 10.6 Å². The van der Waals surface area contributed by atoms with Crippen molar-refractivity contribution >= 4 is 5.95 Å². The fourth-order valence-electron chi connectivity index (χ4n) is 2.26.